The van der Waals surface area contributed by atoms with Crippen molar-refractivity contribution >= 4 is 32.3 Å². The third-order valence-electron chi connectivity index (χ3n) is 5.79. The summed E-state index contributed by atoms with van der Waals surface area (Å²) in [5, 5.41) is 7.36. The number of fused-ring (bicyclic) bond motifs is 6. The molecular formula is C28H19N3. The minimum absolute atomic E-state index is 0.699. The number of nitrogens with zero attached hydrogens (tertiary/aromatic N) is 3. The molecule has 3 heteroatoms. The van der Waals surface area contributed by atoms with Crippen LogP contribution in [0, 0.1) is 6.92 Å². The van der Waals surface area contributed by atoms with Crippen LogP contribution in [0.5, 0.6) is 0 Å². The number of hydrogen-bond donors (Lipinski definition) is 0. The topological polar surface area (TPSA) is 38.7 Å². The second kappa shape index (κ2) is 6.99. The Bertz CT molecular complexity index is 1540. The van der Waals surface area contributed by atoms with Gasteiger partial charge in [0, 0.05) is 16.5 Å². The highest BCUT2D eigenvalue weighted by Gasteiger charge is 2.15. The Morgan fingerprint density at radius 1 is 0.452 bits per heavy atom. The van der Waals surface area contributed by atoms with Crippen LogP contribution in [-0.2, 0) is 0 Å². The minimum Gasteiger partial charge on any atom is -0.213 e. The average Bonchev–Trinajstić information content (AvgIpc) is 2.84. The largest absolute Gasteiger partial charge is 0.213 e. The number of hydrogen-bond acceptors (Lipinski definition) is 3. The predicted molar refractivity (Wildman–Crippen MR) is 128 cm³/mol. The molecule has 0 saturated carbocycles. The first-order valence-electron chi connectivity index (χ1n) is 10.4. The number of benzene rings is 5. The first-order chi connectivity index (χ1) is 15.3. The first kappa shape index (κ1) is 17.7. The average molecular weight is 397 g/mol. The molecule has 5 aromatic carbocycles. The van der Waals surface area contributed by atoms with Gasteiger partial charge in [-0.05, 0) is 33.9 Å². The van der Waals surface area contributed by atoms with E-state index in [1.165, 1.54) is 32.3 Å². The second-order valence-corrected chi connectivity index (χ2v) is 7.72. The van der Waals surface area contributed by atoms with Gasteiger partial charge in [0.25, 0.3) is 0 Å². The van der Waals surface area contributed by atoms with Crippen molar-refractivity contribution in [3.8, 4) is 22.8 Å². The molecular weight excluding hydrogens is 378 g/mol. The molecule has 0 saturated heterocycles. The normalized spacial score (nSPS) is 11.4. The zero-order chi connectivity index (χ0) is 20.8. The van der Waals surface area contributed by atoms with E-state index >= 15 is 0 Å². The SMILES string of the molecule is Cc1nc(-c2ccccc2)nc(-c2cccc3c4ccccc4c4ccccc4c23)n1. The Kier molecular flexibility index (Phi) is 4.00. The summed E-state index contributed by atoms with van der Waals surface area (Å²) in [7, 11) is 0. The Morgan fingerprint density at radius 3 is 1.65 bits per heavy atom. The van der Waals surface area contributed by atoms with Crippen molar-refractivity contribution in [1.82, 2.24) is 15.0 Å². The molecule has 6 rings (SSSR count). The molecule has 0 bridgehead atoms. The molecule has 0 spiro atoms. The minimum atomic E-state index is 0.699. The Balaban J connectivity index is 1.73. The van der Waals surface area contributed by atoms with Crippen LogP contribution in [-0.4, -0.2) is 15.0 Å². The summed E-state index contributed by atoms with van der Waals surface area (Å²) in [6, 6.07) is 33.7. The van der Waals surface area contributed by atoms with Gasteiger partial charge in [-0.15, -0.1) is 0 Å². The molecule has 0 aliphatic carbocycles. The molecule has 0 atom stereocenters. The van der Waals surface area contributed by atoms with E-state index in [4.69, 9.17) is 9.97 Å². The van der Waals surface area contributed by atoms with Gasteiger partial charge >= 0.3 is 0 Å². The molecule has 0 aliphatic heterocycles. The quantitative estimate of drug-likeness (QED) is 0.296. The van der Waals surface area contributed by atoms with Crippen LogP contribution in [0.4, 0.5) is 0 Å². The highest BCUT2D eigenvalue weighted by molar-refractivity contribution is 6.28. The van der Waals surface area contributed by atoms with Gasteiger partial charge in [-0.25, -0.2) is 15.0 Å². The van der Waals surface area contributed by atoms with Crippen molar-refractivity contribution in [2.24, 2.45) is 0 Å². The van der Waals surface area contributed by atoms with Gasteiger partial charge in [-0.1, -0.05) is 97.1 Å². The van der Waals surface area contributed by atoms with Crippen molar-refractivity contribution in [3.63, 3.8) is 0 Å². The van der Waals surface area contributed by atoms with Crippen molar-refractivity contribution in [2.45, 2.75) is 6.92 Å². The fourth-order valence-electron chi connectivity index (χ4n) is 4.46. The third-order valence-corrected chi connectivity index (χ3v) is 5.79. The van der Waals surface area contributed by atoms with Crippen molar-refractivity contribution in [2.75, 3.05) is 0 Å². The summed E-state index contributed by atoms with van der Waals surface area (Å²) < 4.78 is 0. The van der Waals surface area contributed by atoms with Crippen LogP contribution in [0.15, 0.2) is 97.1 Å². The molecule has 0 amide bonds. The van der Waals surface area contributed by atoms with Gasteiger partial charge in [0.15, 0.2) is 11.6 Å². The molecule has 6 aromatic rings. The van der Waals surface area contributed by atoms with E-state index < -0.39 is 0 Å². The van der Waals surface area contributed by atoms with Crippen molar-refractivity contribution in [1.29, 1.82) is 0 Å². The highest BCUT2D eigenvalue weighted by atomic mass is 15.0. The molecule has 3 nitrogen and oxygen atoms in total. The number of rotatable bonds is 2. The van der Waals surface area contributed by atoms with Crippen LogP contribution >= 0.6 is 0 Å². The summed E-state index contributed by atoms with van der Waals surface area (Å²) in [5.74, 6) is 2.12. The Hall–Kier alpha value is -4.11. The lowest BCUT2D eigenvalue weighted by Crippen LogP contribution is -2.00. The molecule has 31 heavy (non-hydrogen) atoms. The van der Waals surface area contributed by atoms with E-state index in [0.717, 1.165) is 11.1 Å². The maximum atomic E-state index is 4.89. The zero-order valence-corrected chi connectivity index (χ0v) is 17.1. The molecule has 0 N–H and O–H groups in total. The first-order valence-corrected chi connectivity index (χ1v) is 10.4. The molecule has 1 heterocycles. The lowest BCUT2D eigenvalue weighted by Gasteiger charge is -2.14. The Labute approximate surface area is 180 Å². The fraction of sp³-hybridized carbons (Fsp3) is 0.0357. The second-order valence-electron chi connectivity index (χ2n) is 7.72. The summed E-state index contributed by atoms with van der Waals surface area (Å²) in [6.45, 7) is 1.93. The Morgan fingerprint density at radius 2 is 0.968 bits per heavy atom. The summed E-state index contributed by atoms with van der Waals surface area (Å²) in [4.78, 5) is 14.2. The maximum absolute atomic E-state index is 4.89. The van der Waals surface area contributed by atoms with Gasteiger partial charge in [0.2, 0.25) is 0 Å². The van der Waals surface area contributed by atoms with E-state index in [9.17, 15) is 0 Å². The van der Waals surface area contributed by atoms with Crippen molar-refractivity contribution < 1.29 is 0 Å². The van der Waals surface area contributed by atoms with Gasteiger partial charge in [-0.2, -0.15) is 0 Å². The smallest absolute Gasteiger partial charge is 0.164 e. The van der Waals surface area contributed by atoms with Crippen LogP contribution in [0.1, 0.15) is 5.82 Å². The summed E-state index contributed by atoms with van der Waals surface area (Å²) >= 11 is 0. The highest BCUT2D eigenvalue weighted by Crippen LogP contribution is 2.39. The number of aryl methyl sites for hydroxylation is 1. The van der Waals surface area contributed by atoms with Crippen LogP contribution in [0.25, 0.3) is 55.1 Å². The molecule has 1 aromatic heterocycles. The van der Waals surface area contributed by atoms with Gasteiger partial charge in [0.05, 0.1) is 0 Å². The summed E-state index contributed by atoms with van der Waals surface area (Å²) in [6.07, 6.45) is 0. The molecule has 0 aliphatic rings. The van der Waals surface area contributed by atoms with E-state index in [1.54, 1.807) is 0 Å². The predicted octanol–water partition coefficient (Wildman–Crippen LogP) is 6.97. The molecule has 0 fully saturated rings. The van der Waals surface area contributed by atoms with Gasteiger partial charge < -0.3 is 0 Å². The maximum Gasteiger partial charge on any atom is 0.164 e. The van der Waals surface area contributed by atoms with Crippen molar-refractivity contribution in [3.05, 3.63) is 103 Å². The van der Waals surface area contributed by atoms with E-state index in [0.29, 0.717) is 17.5 Å². The monoisotopic (exact) mass is 397 g/mol. The zero-order valence-electron chi connectivity index (χ0n) is 17.1. The van der Waals surface area contributed by atoms with E-state index in [1.807, 2.05) is 37.3 Å². The lowest BCUT2D eigenvalue weighted by molar-refractivity contribution is 0.993. The summed E-state index contributed by atoms with van der Waals surface area (Å²) in [5.41, 5.74) is 2.02. The van der Waals surface area contributed by atoms with Gasteiger partial charge in [-0.3, -0.25) is 0 Å². The molecule has 0 unspecified atom stereocenters. The van der Waals surface area contributed by atoms with Gasteiger partial charge in [0.1, 0.15) is 5.82 Å². The van der Waals surface area contributed by atoms with Crippen LogP contribution in [0.3, 0.4) is 0 Å². The fourth-order valence-corrected chi connectivity index (χ4v) is 4.46. The van der Waals surface area contributed by atoms with Crippen LogP contribution in [0.2, 0.25) is 0 Å². The molecule has 0 radical (unpaired) electrons. The van der Waals surface area contributed by atoms with Crippen LogP contribution < -0.4 is 0 Å². The lowest BCUT2D eigenvalue weighted by atomic mass is 9.91. The van der Waals surface area contributed by atoms with E-state index in [-0.39, 0.29) is 0 Å². The van der Waals surface area contributed by atoms with E-state index in [2.05, 4.69) is 71.7 Å². The standard InChI is InChI=1S/C28H19N3/c1-18-29-27(19-10-3-2-4-11-19)31-28(30-18)25-17-9-16-24-22-13-6-5-12-20(22)21-14-7-8-15-23(21)26(24)25/h2-17H,1H3. The molecule has 146 valence electrons. The third kappa shape index (κ3) is 2.86. The number of aromatic nitrogens is 3.